The maximum Gasteiger partial charge on any atom is 0.338 e. The van der Waals surface area contributed by atoms with Gasteiger partial charge in [0.05, 0.1) is 17.9 Å². The zero-order valence-corrected chi connectivity index (χ0v) is 14.7. The van der Waals surface area contributed by atoms with Gasteiger partial charge >= 0.3 is 5.97 Å². The number of benzene rings is 2. The number of ether oxygens (including phenoxy) is 1. The lowest BCUT2D eigenvalue weighted by atomic mass is 9.94. The summed E-state index contributed by atoms with van der Waals surface area (Å²) in [6.07, 6.45) is 1.74. The molecule has 0 bridgehead atoms. The van der Waals surface area contributed by atoms with E-state index >= 15 is 0 Å². The monoisotopic (exact) mass is 345 g/mol. The van der Waals surface area contributed by atoms with E-state index in [1.54, 1.807) is 43.5 Å². The largest absolute Gasteiger partial charge is 0.462 e. The van der Waals surface area contributed by atoms with Crippen LogP contribution in [0.1, 0.15) is 38.8 Å². The third-order valence-corrected chi connectivity index (χ3v) is 4.00. The number of nitrogens with zero attached hydrogens (tertiary/aromatic N) is 1. The molecular weight excluding hydrogens is 326 g/mol. The lowest BCUT2D eigenvalue weighted by Gasteiger charge is -2.11. The van der Waals surface area contributed by atoms with E-state index in [9.17, 15) is 9.59 Å². The first-order valence-corrected chi connectivity index (χ1v) is 8.44. The van der Waals surface area contributed by atoms with E-state index in [0.717, 1.165) is 5.56 Å². The highest BCUT2D eigenvalue weighted by Gasteiger charge is 2.18. The molecule has 0 saturated heterocycles. The van der Waals surface area contributed by atoms with E-state index < -0.39 is 5.97 Å². The fourth-order valence-electron chi connectivity index (χ4n) is 2.67. The Morgan fingerprint density at radius 1 is 0.962 bits per heavy atom. The summed E-state index contributed by atoms with van der Waals surface area (Å²) < 4.78 is 5.08. The Kier molecular flexibility index (Phi) is 5.23. The van der Waals surface area contributed by atoms with Gasteiger partial charge in [0.25, 0.3) is 0 Å². The van der Waals surface area contributed by atoms with Gasteiger partial charge in [0, 0.05) is 22.9 Å². The Morgan fingerprint density at radius 3 is 2.38 bits per heavy atom. The topological polar surface area (TPSA) is 56.3 Å². The lowest BCUT2D eigenvalue weighted by Crippen LogP contribution is -2.08. The molecule has 0 saturated carbocycles. The van der Waals surface area contributed by atoms with Gasteiger partial charge in [-0.2, -0.15) is 0 Å². The zero-order valence-electron chi connectivity index (χ0n) is 14.7. The average Bonchev–Trinajstić information content (AvgIpc) is 2.68. The normalized spacial score (nSPS) is 10.4. The van der Waals surface area contributed by atoms with Crippen molar-refractivity contribution in [3.63, 3.8) is 0 Å². The number of aryl methyl sites for hydroxylation is 1. The van der Waals surface area contributed by atoms with Gasteiger partial charge in [-0.15, -0.1) is 0 Å². The van der Waals surface area contributed by atoms with E-state index in [1.807, 2.05) is 37.3 Å². The van der Waals surface area contributed by atoms with Crippen molar-refractivity contribution in [2.45, 2.75) is 13.8 Å². The summed E-state index contributed by atoms with van der Waals surface area (Å²) in [6, 6.07) is 17.8. The minimum Gasteiger partial charge on any atom is -0.462 e. The minimum atomic E-state index is -0.417. The van der Waals surface area contributed by atoms with Crippen LogP contribution in [0.15, 0.2) is 66.9 Å². The summed E-state index contributed by atoms with van der Waals surface area (Å²) in [5.74, 6) is -0.530. The molecule has 1 heterocycles. The van der Waals surface area contributed by atoms with Gasteiger partial charge in [0.2, 0.25) is 0 Å². The molecule has 130 valence electrons. The molecular formula is C22H19NO3. The predicted octanol–water partition coefficient (Wildman–Crippen LogP) is 4.46. The molecule has 26 heavy (non-hydrogen) atoms. The maximum absolute atomic E-state index is 13.0. The number of hydrogen-bond acceptors (Lipinski definition) is 4. The van der Waals surface area contributed by atoms with Gasteiger partial charge in [-0.05, 0) is 43.7 Å². The van der Waals surface area contributed by atoms with Crippen molar-refractivity contribution in [2.24, 2.45) is 0 Å². The molecule has 4 heteroatoms. The highest BCUT2D eigenvalue weighted by Crippen LogP contribution is 2.26. The molecule has 2 aromatic carbocycles. The second kappa shape index (κ2) is 7.74. The number of carbonyl (C=O) groups excluding carboxylic acids is 2. The standard InChI is InChI=1S/C22H19NO3/c1-3-26-22(25)17-10-11-18(21(24)16-7-5-4-6-8-16)19(13-17)20-12-9-15(2)14-23-20/h4-14H,3H2,1-2H3. The third kappa shape index (κ3) is 3.70. The van der Waals surface area contributed by atoms with Gasteiger partial charge in [0.1, 0.15) is 0 Å². The van der Waals surface area contributed by atoms with E-state index in [1.165, 1.54) is 0 Å². The molecule has 3 rings (SSSR count). The van der Waals surface area contributed by atoms with Crippen molar-refractivity contribution in [1.29, 1.82) is 0 Å². The number of aromatic nitrogens is 1. The molecule has 3 aromatic rings. The second-order valence-electron chi connectivity index (χ2n) is 5.90. The molecule has 0 radical (unpaired) electrons. The van der Waals surface area contributed by atoms with Crippen LogP contribution in [0, 0.1) is 6.92 Å². The van der Waals surface area contributed by atoms with Crippen LogP contribution in [0.4, 0.5) is 0 Å². The second-order valence-corrected chi connectivity index (χ2v) is 5.90. The maximum atomic E-state index is 13.0. The van der Waals surface area contributed by atoms with E-state index in [0.29, 0.717) is 34.6 Å². The number of esters is 1. The molecule has 0 fully saturated rings. The highest BCUT2D eigenvalue weighted by molar-refractivity contribution is 6.13. The van der Waals surface area contributed by atoms with Gasteiger partial charge < -0.3 is 4.74 Å². The first-order valence-electron chi connectivity index (χ1n) is 8.44. The van der Waals surface area contributed by atoms with Gasteiger partial charge in [0.15, 0.2) is 5.78 Å². The molecule has 4 nitrogen and oxygen atoms in total. The summed E-state index contributed by atoms with van der Waals surface area (Å²) >= 11 is 0. The summed E-state index contributed by atoms with van der Waals surface area (Å²) in [5.41, 5.74) is 3.76. The number of ketones is 1. The smallest absolute Gasteiger partial charge is 0.338 e. The summed E-state index contributed by atoms with van der Waals surface area (Å²) in [7, 11) is 0. The quantitative estimate of drug-likeness (QED) is 0.506. The fourth-order valence-corrected chi connectivity index (χ4v) is 2.67. The number of carbonyl (C=O) groups is 2. The molecule has 1 aromatic heterocycles. The van der Waals surface area contributed by atoms with Crippen LogP contribution in [0.25, 0.3) is 11.3 Å². The minimum absolute atomic E-state index is 0.113. The third-order valence-electron chi connectivity index (χ3n) is 4.00. The van der Waals surface area contributed by atoms with Crippen molar-refractivity contribution in [2.75, 3.05) is 6.61 Å². The Morgan fingerprint density at radius 2 is 1.73 bits per heavy atom. The number of rotatable bonds is 5. The first kappa shape index (κ1) is 17.5. The molecule has 0 N–H and O–H groups in total. The van der Waals surface area contributed by atoms with E-state index in [4.69, 9.17) is 4.74 Å². The molecule has 0 aliphatic rings. The fraction of sp³-hybridized carbons (Fsp3) is 0.136. The average molecular weight is 345 g/mol. The lowest BCUT2D eigenvalue weighted by molar-refractivity contribution is 0.0526. The van der Waals surface area contributed by atoms with Crippen molar-refractivity contribution in [1.82, 2.24) is 4.98 Å². The Labute approximate surface area is 152 Å². The van der Waals surface area contributed by atoms with Crippen molar-refractivity contribution < 1.29 is 14.3 Å². The highest BCUT2D eigenvalue weighted by atomic mass is 16.5. The Hall–Kier alpha value is -3.27. The van der Waals surface area contributed by atoms with Crippen molar-refractivity contribution in [3.8, 4) is 11.3 Å². The van der Waals surface area contributed by atoms with Crippen molar-refractivity contribution in [3.05, 3.63) is 89.1 Å². The molecule has 0 amide bonds. The molecule has 0 unspecified atom stereocenters. The Bertz CT molecular complexity index is 931. The van der Waals surface area contributed by atoms with Crippen LogP contribution in [-0.4, -0.2) is 23.3 Å². The van der Waals surface area contributed by atoms with Crippen LogP contribution in [0.3, 0.4) is 0 Å². The van der Waals surface area contributed by atoms with Gasteiger partial charge in [-0.25, -0.2) is 4.79 Å². The van der Waals surface area contributed by atoms with E-state index in [2.05, 4.69) is 4.98 Å². The molecule has 0 atom stereocenters. The molecule has 0 spiro atoms. The van der Waals surface area contributed by atoms with Crippen LogP contribution < -0.4 is 0 Å². The number of pyridine rings is 1. The SMILES string of the molecule is CCOC(=O)c1ccc(C(=O)c2ccccc2)c(-c2ccc(C)cn2)c1. The molecule has 0 aliphatic heterocycles. The van der Waals surface area contributed by atoms with Crippen LogP contribution in [0.2, 0.25) is 0 Å². The number of hydrogen-bond donors (Lipinski definition) is 0. The first-order chi connectivity index (χ1) is 12.6. The van der Waals surface area contributed by atoms with Crippen LogP contribution in [-0.2, 0) is 4.74 Å². The van der Waals surface area contributed by atoms with Crippen molar-refractivity contribution >= 4 is 11.8 Å². The van der Waals surface area contributed by atoms with Gasteiger partial charge in [-0.1, -0.05) is 36.4 Å². The van der Waals surface area contributed by atoms with Gasteiger partial charge in [-0.3, -0.25) is 9.78 Å². The van der Waals surface area contributed by atoms with Crippen LogP contribution >= 0.6 is 0 Å². The Balaban J connectivity index is 2.12. The predicted molar refractivity (Wildman–Crippen MR) is 100 cm³/mol. The molecule has 0 aliphatic carbocycles. The zero-order chi connectivity index (χ0) is 18.5. The summed E-state index contributed by atoms with van der Waals surface area (Å²) in [6.45, 7) is 4.00. The van der Waals surface area contributed by atoms with Crippen LogP contribution in [0.5, 0.6) is 0 Å². The summed E-state index contributed by atoms with van der Waals surface area (Å²) in [5, 5.41) is 0. The van der Waals surface area contributed by atoms with E-state index in [-0.39, 0.29) is 5.78 Å². The summed E-state index contributed by atoms with van der Waals surface area (Å²) in [4.78, 5) is 29.5.